The number of nitriles is 1. The van der Waals surface area contributed by atoms with Gasteiger partial charge >= 0.3 is 0 Å². The molecule has 17 heavy (non-hydrogen) atoms. The quantitative estimate of drug-likeness (QED) is 0.740. The molecule has 1 aromatic carbocycles. The van der Waals surface area contributed by atoms with E-state index in [9.17, 15) is 5.26 Å². The van der Waals surface area contributed by atoms with E-state index in [0.717, 1.165) is 12.8 Å². The molecule has 1 heteroatoms. The van der Waals surface area contributed by atoms with Crippen molar-refractivity contribution in [3.63, 3.8) is 0 Å². The minimum atomic E-state index is -0.0507. The summed E-state index contributed by atoms with van der Waals surface area (Å²) in [5.41, 5.74) is 1.53. The van der Waals surface area contributed by atoms with E-state index in [4.69, 9.17) is 0 Å². The molecule has 0 aliphatic heterocycles. The second-order valence-corrected chi connectivity index (χ2v) is 5.70. The van der Waals surface area contributed by atoms with Gasteiger partial charge in [0.15, 0.2) is 0 Å². The Balaban J connectivity index is 2.08. The molecule has 1 nitrogen and oxygen atoms in total. The maximum atomic E-state index is 9.67. The van der Waals surface area contributed by atoms with Crippen molar-refractivity contribution in [2.24, 2.45) is 5.41 Å². The number of nitrogens with zero attached hydrogens (tertiary/aromatic N) is 1. The smallest absolute Gasteiger partial charge is 0.0699 e. The first kappa shape index (κ1) is 10.8. The highest BCUT2D eigenvalue weighted by Gasteiger charge is 2.56. The van der Waals surface area contributed by atoms with Crippen molar-refractivity contribution >= 4 is 0 Å². The molecular weight excluding hydrogens is 206 g/mol. The molecule has 0 amide bonds. The summed E-state index contributed by atoms with van der Waals surface area (Å²) in [6.45, 7) is 0. The fourth-order valence-electron chi connectivity index (χ4n) is 4.01. The van der Waals surface area contributed by atoms with Crippen LogP contribution in [-0.4, -0.2) is 0 Å². The lowest BCUT2D eigenvalue weighted by atomic mass is 9.51. The Labute approximate surface area is 103 Å². The molecule has 2 saturated carbocycles. The Morgan fingerprint density at radius 2 is 1.53 bits per heavy atom. The minimum Gasteiger partial charge on any atom is -0.198 e. The summed E-state index contributed by atoms with van der Waals surface area (Å²) in [6.07, 6.45) is 8.46. The van der Waals surface area contributed by atoms with Crippen LogP contribution >= 0.6 is 0 Å². The summed E-state index contributed by atoms with van der Waals surface area (Å²) in [7, 11) is 0. The van der Waals surface area contributed by atoms with Gasteiger partial charge in [0.2, 0.25) is 0 Å². The van der Waals surface area contributed by atoms with E-state index in [1.807, 2.05) is 0 Å². The van der Waals surface area contributed by atoms with Gasteiger partial charge in [-0.3, -0.25) is 0 Å². The van der Waals surface area contributed by atoms with E-state index in [1.54, 1.807) is 0 Å². The van der Waals surface area contributed by atoms with Crippen molar-refractivity contribution in [3.8, 4) is 6.07 Å². The highest BCUT2D eigenvalue weighted by Crippen LogP contribution is 2.61. The fourth-order valence-corrected chi connectivity index (χ4v) is 4.01. The predicted molar refractivity (Wildman–Crippen MR) is 68.5 cm³/mol. The molecule has 0 atom stereocenters. The maximum absolute atomic E-state index is 9.67. The third-order valence-corrected chi connectivity index (χ3v) is 5.12. The normalized spacial score (nSPS) is 24.9. The van der Waals surface area contributed by atoms with Gasteiger partial charge in [-0.1, -0.05) is 49.6 Å². The van der Waals surface area contributed by atoms with Crippen molar-refractivity contribution in [2.75, 3.05) is 0 Å². The third-order valence-electron chi connectivity index (χ3n) is 5.12. The molecular formula is C16H19N. The maximum Gasteiger partial charge on any atom is 0.0699 e. The SMILES string of the molecule is N#CC1(C2(c3ccccc3)CCCC2)CCC1. The molecule has 0 N–H and O–H groups in total. The summed E-state index contributed by atoms with van der Waals surface area (Å²) in [5.74, 6) is 0. The highest BCUT2D eigenvalue weighted by atomic mass is 14.6. The van der Waals surface area contributed by atoms with E-state index in [0.29, 0.717) is 0 Å². The molecule has 0 spiro atoms. The first-order valence-electron chi connectivity index (χ1n) is 6.80. The average molecular weight is 225 g/mol. The van der Waals surface area contributed by atoms with E-state index >= 15 is 0 Å². The van der Waals surface area contributed by atoms with Crippen LogP contribution in [0, 0.1) is 16.7 Å². The Kier molecular flexibility index (Phi) is 2.47. The number of hydrogen-bond donors (Lipinski definition) is 0. The third kappa shape index (κ3) is 1.37. The molecule has 88 valence electrons. The number of rotatable bonds is 2. The van der Waals surface area contributed by atoms with Crippen LogP contribution in [0.1, 0.15) is 50.5 Å². The van der Waals surface area contributed by atoms with Crippen molar-refractivity contribution < 1.29 is 0 Å². The molecule has 0 heterocycles. The lowest BCUT2D eigenvalue weighted by Gasteiger charge is -2.50. The van der Waals surface area contributed by atoms with Gasteiger partial charge in [-0.05, 0) is 31.2 Å². The van der Waals surface area contributed by atoms with Gasteiger partial charge in [0.25, 0.3) is 0 Å². The van der Waals surface area contributed by atoms with Crippen LogP contribution < -0.4 is 0 Å². The van der Waals surface area contributed by atoms with E-state index in [1.165, 1.54) is 37.7 Å². The van der Waals surface area contributed by atoms with E-state index in [2.05, 4.69) is 36.4 Å². The van der Waals surface area contributed by atoms with Gasteiger partial charge in [-0.15, -0.1) is 0 Å². The molecule has 1 aromatic rings. The molecule has 0 saturated heterocycles. The van der Waals surface area contributed by atoms with Crippen molar-refractivity contribution in [1.82, 2.24) is 0 Å². The highest BCUT2D eigenvalue weighted by molar-refractivity contribution is 5.35. The van der Waals surface area contributed by atoms with Crippen LogP contribution in [-0.2, 0) is 5.41 Å². The lowest BCUT2D eigenvalue weighted by Crippen LogP contribution is -2.47. The fraction of sp³-hybridized carbons (Fsp3) is 0.562. The van der Waals surface area contributed by atoms with Gasteiger partial charge < -0.3 is 0 Å². The zero-order valence-electron chi connectivity index (χ0n) is 10.3. The summed E-state index contributed by atoms with van der Waals surface area (Å²) in [5, 5.41) is 9.67. The van der Waals surface area contributed by atoms with E-state index < -0.39 is 0 Å². The number of benzene rings is 1. The molecule has 2 aliphatic rings. The van der Waals surface area contributed by atoms with Gasteiger partial charge in [-0.2, -0.15) is 5.26 Å². The standard InChI is InChI=1S/C16H19N/c17-13-15(9-6-10-15)16(11-4-5-12-16)14-7-2-1-3-8-14/h1-3,7-8H,4-6,9-12H2. The Bertz CT molecular complexity index is 430. The zero-order valence-corrected chi connectivity index (χ0v) is 10.3. The second-order valence-electron chi connectivity index (χ2n) is 5.70. The molecule has 2 aliphatic carbocycles. The van der Waals surface area contributed by atoms with Gasteiger partial charge in [0.1, 0.15) is 0 Å². The molecule has 0 aromatic heterocycles. The van der Waals surface area contributed by atoms with Gasteiger partial charge in [0.05, 0.1) is 11.5 Å². The topological polar surface area (TPSA) is 23.8 Å². The Morgan fingerprint density at radius 1 is 0.882 bits per heavy atom. The first-order chi connectivity index (χ1) is 8.33. The van der Waals surface area contributed by atoms with Crippen LogP contribution in [0.3, 0.4) is 0 Å². The van der Waals surface area contributed by atoms with Crippen LogP contribution in [0.25, 0.3) is 0 Å². The predicted octanol–water partition coefficient (Wildman–Crippen LogP) is 4.19. The molecule has 0 bridgehead atoms. The molecule has 3 rings (SSSR count). The second kappa shape index (κ2) is 3.88. The molecule has 0 radical (unpaired) electrons. The molecule has 2 fully saturated rings. The summed E-state index contributed by atoms with van der Waals surface area (Å²) >= 11 is 0. The molecule has 0 unspecified atom stereocenters. The summed E-state index contributed by atoms with van der Waals surface area (Å²) in [4.78, 5) is 0. The lowest BCUT2D eigenvalue weighted by molar-refractivity contribution is 0.0834. The minimum absolute atomic E-state index is 0.0507. The van der Waals surface area contributed by atoms with Gasteiger partial charge in [0, 0.05) is 5.41 Å². The Morgan fingerprint density at radius 3 is 2.00 bits per heavy atom. The summed E-state index contributed by atoms with van der Waals surface area (Å²) < 4.78 is 0. The largest absolute Gasteiger partial charge is 0.198 e. The summed E-state index contributed by atoms with van der Waals surface area (Å²) in [6, 6.07) is 13.5. The van der Waals surface area contributed by atoms with Crippen LogP contribution in [0.4, 0.5) is 0 Å². The van der Waals surface area contributed by atoms with E-state index in [-0.39, 0.29) is 10.8 Å². The van der Waals surface area contributed by atoms with Crippen molar-refractivity contribution in [1.29, 1.82) is 5.26 Å². The monoisotopic (exact) mass is 225 g/mol. The Hall–Kier alpha value is -1.29. The van der Waals surface area contributed by atoms with Crippen LogP contribution in [0.15, 0.2) is 30.3 Å². The van der Waals surface area contributed by atoms with Crippen LogP contribution in [0.5, 0.6) is 0 Å². The average Bonchev–Trinajstić information content (AvgIpc) is 2.80. The van der Waals surface area contributed by atoms with Crippen molar-refractivity contribution in [2.45, 2.75) is 50.4 Å². The number of hydrogen-bond acceptors (Lipinski definition) is 1. The first-order valence-corrected chi connectivity index (χ1v) is 6.80. The zero-order chi connectivity index (χ0) is 11.8. The van der Waals surface area contributed by atoms with Gasteiger partial charge in [-0.25, -0.2) is 0 Å². The van der Waals surface area contributed by atoms with Crippen molar-refractivity contribution in [3.05, 3.63) is 35.9 Å². The van der Waals surface area contributed by atoms with Crippen LogP contribution in [0.2, 0.25) is 0 Å².